The van der Waals surface area contributed by atoms with Crippen LogP contribution in [0.2, 0.25) is 0 Å². The number of ether oxygens (including phenoxy) is 1. The van der Waals surface area contributed by atoms with Gasteiger partial charge in [0.1, 0.15) is 0 Å². The summed E-state index contributed by atoms with van der Waals surface area (Å²) in [5.74, 6) is 1.38. The molecular weight excluding hydrogens is 240 g/mol. The summed E-state index contributed by atoms with van der Waals surface area (Å²) in [6.07, 6.45) is 5.88. The zero-order valence-electron chi connectivity index (χ0n) is 11.9. The van der Waals surface area contributed by atoms with Gasteiger partial charge in [-0.2, -0.15) is 0 Å². The Labute approximate surface area is 115 Å². The predicted molar refractivity (Wildman–Crippen MR) is 73.8 cm³/mol. The van der Waals surface area contributed by atoms with Crippen LogP contribution >= 0.6 is 0 Å². The lowest BCUT2D eigenvalue weighted by Crippen LogP contribution is -2.53. The van der Waals surface area contributed by atoms with Gasteiger partial charge >= 0.3 is 0 Å². The SMILES string of the molecule is CC1CCCNC1C(=O)N(CC1CCOC1)C1CC1. The number of carbonyl (C=O) groups is 1. The number of piperidine rings is 1. The van der Waals surface area contributed by atoms with Crippen molar-refractivity contribution in [3.8, 4) is 0 Å². The molecule has 3 aliphatic rings. The van der Waals surface area contributed by atoms with Gasteiger partial charge in [0, 0.05) is 25.1 Å². The minimum atomic E-state index is 0.0525. The van der Waals surface area contributed by atoms with Gasteiger partial charge in [-0.05, 0) is 44.6 Å². The molecular formula is C15H26N2O2. The molecule has 1 saturated carbocycles. The average molecular weight is 266 g/mol. The number of rotatable bonds is 4. The first-order chi connectivity index (χ1) is 9.25. The number of carbonyl (C=O) groups excluding carboxylic acids is 1. The molecule has 0 aromatic carbocycles. The average Bonchev–Trinajstić information content (AvgIpc) is 3.13. The van der Waals surface area contributed by atoms with E-state index in [9.17, 15) is 4.79 Å². The molecule has 4 nitrogen and oxygen atoms in total. The van der Waals surface area contributed by atoms with Crippen molar-refractivity contribution < 1.29 is 9.53 Å². The Hall–Kier alpha value is -0.610. The van der Waals surface area contributed by atoms with Gasteiger partial charge in [0.2, 0.25) is 5.91 Å². The van der Waals surface area contributed by atoms with Gasteiger partial charge in [-0.15, -0.1) is 0 Å². The standard InChI is InChI=1S/C15H26N2O2/c1-11-3-2-7-16-14(11)15(18)17(13-4-5-13)9-12-6-8-19-10-12/h11-14,16H,2-10H2,1H3. The maximum absolute atomic E-state index is 12.8. The highest BCUT2D eigenvalue weighted by atomic mass is 16.5. The molecule has 4 heteroatoms. The van der Waals surface area contributed by atoms with Crippen molar-refractivity contribution in [2.45, 2.75) is 51.1 Å². The Morgan fingerprint density at radius 2 is 2.16 bits per heavy atom. The summed E-state index contributed by atoms with van der Waals surface area (Å²) in [7, 11) is 0. The lowest BCUT2D eigenvalue weighted by Gasteiger charge is -2.35. The maximum atomic E-state index is 12.8. The molecule has 19 heavy (non-hydrogen) atoms. The normalized spacial score (nSPS) is 35.3. The Bertz CT molecular complexity index is 324. The van der Waals surface area contributed by atoms with Crippen LogP contribution in [0, 0.1) is 11.8 Å². The van der Waals surface area contributed by atoms with Crippen molar-refractivity contribution in [2.75, 3.05) is 26.3 Å². The first-order valence-electron chi connectivity index (χ1n) is 7.87. The molecule has 3 unspecified atom stereocenters. The summed E-state index contributed by atoms with van der Waals surface area (Å²) >= 11 is 0. The molecule has 3 fully saturated rings. The largest absolute Gasteiger partial charge is 0.381 e. The number of hydrogen-bond donors (Lipinski definition) is 1. The van der Waals surface area contributed by atoms with E-state index in [4.69, 9.17) is 4.74 Å². The third-order valence-corrected chi connectivity index (χ3v) is 4.79. The molecule has 108 valence electrons. The maximum Gasteiger partial charge on any atom is 0.240 e. The zero-order valence-corrected chi connectivity index (χ0v) is 11.9. The molecule has 2 saturated heterocycles. The second-order valence-corrected chi connectivity index (χ2v) is 6.50. The van der Waals surface area contributed by atoms with Gasteiger partial charge in [0.25, 0.3) is 0 Å². The first kappa shape index (κ1) is 13.4. The number of nitrogens with one attached hydrogen (secondary N) is 1. The molecule has 0 spiro atoms. The lowest BCUT2D eigenvalue weighted by molar-refractivity contribution is -0.136. The molecule has 2 aliphatic heterocycles. The summed E-state index contributed by atoms with van der Waals surface area (Å²) in [5, 5.41) is 3.43. The quantitative estimate of drug-likeness (QED) is 0.836. The van der Waals surface area contributed by atoms with E-state index in [1.807, 2.05) is 0 Å². The Balaban J connectivity index is 1.63. The van der Waals surface area contributed by atoms with Crippen LogP contribution in [0.5, 0.6) is 0 Å². The fourth-order valence-electron chi connectivity index (χ4n) is 3.37. The van der Waals surface area contributed by atoms with E-state index in [1.165, 1.54) is 25.7 Å². The molecule has 2 heterocycles. The van der Waals surface area contributed by atoms with E-state index < -0.39 is 0 Å². The molecule has 0 radical (unpaired) electrons. The monoisotopic (exact) mass is 266 g/mol. The highest BCUT2D eigenvalue weighted by Gasteiger charge is 2.39. The van der Waals surface area contributed by atoms with Crippen LogP contribution in [-0.4, -0.2) is 49.2 Å². The molecule has 0 bridgehead atoms. The fourth-order valence-corrected chi connectivity index (χ4v) is 3.37. The van der Waals surface area contributed by atoms with E-state index in [0.29, 0.717) is 23.8 Å². The number of nitrogens with zero attached hydrogens (tertiary/aromatic N) is 1. The van der Waals surface area contributed by atoms with Gasteiger partial charge < -0.3 is 15.0 Å². The zero-order chi connectivity index (χ0) is 13.2. The summed E-state index contributed by atoms with van der Waals surface area (Å²) < 4.78 is 5.45. The van der Waals surface area contributed by atoms with Gasteiger partial charge in [0.05, 0.1) is 12.6 Å². The van der Waals surface area contributed by atoms with E-state index in [0.717, 1.165) is 32.7 Å². The van der Waals surface area contributed by atoms with Crippen LogP contribution in [0.4, 0.5) is 0 Å². The van der Waals surface area contributed by atoms with E-state index in [1.54, 1.807) is 0 Å². The van der Waals surface area contributed by atoms with Gasteiger partial charge in [-0.3, -0.25) is 4.79 Å². The molecule has 3 rings (SSSR count). The van der Waals surface area contributed by atoms with Crippen LogP contribution in [0.25, 0.3) is 0 Å². The third kappa shape index (κ3) is 3.11. The lowest BCUT2D eigenvalue weighted by atomic mass is 9.91. The molecule has 0 aromatic heterocycles. The van der Waals surface area contributed by atoms with Gasteiger partial charge in [-0.25, -0.2) is 0 Å². The van der Waals surface area contributed by atoms with Crippen molar-refractivity contribution in [1.29, 1.82) is 0 Å². The Morgan fingerprint density at radius 1 is 1.32 bits per heavy atom. The third-order valence-electron chi connectivity index (χ3n) is 4.79. The molecule has 1 N–H and O–H groups in total. The topological polar surface area (TPSA) is 41.6 Å². The van der Waals surface area contributed by atoms with Crippen LogP contribution in [0.15, 0.2) is 0 Å². The Kier molecular flexibility index (Phi) is 4.08. The number of hydrogen-bond acceptors (Lipinski definition) is 3. The summed E-state index contributed by atoms with van der Waals surface area (Å²) in [4.78, 5) is 15.0. The van der Waals surface area contributed by atoms with Crippen LogP contribution in [0.3, 0.4) is 0 Å². The van der Waals surface area contributed by atoms with Gasteiger partial charge in [-0.1, -0.05) is 6.92 Å². The number of amides is 1. The molecule has 1 aliphatic carbocycles. The first-order valence-corrected chi connectivity index (χ1v) is 7.87. The highest BCUT2D eigenvalue weighted by molar-refractivity contribution is 5.83. The Morgan fingerprint density at radius 3 is 2.79 bits per heavy atom. The second kappa shape index (κ2) is 5.80. The van der Waals surface area contributed by atoms with E-state index in [2.05, 4.69) is 17.1 Å². The van der Waals surface area contributed by atoms with Crippen molar-refractivity contribution in [1.82, 2.24) is 10.2 Å². The van der Waals surface area contributed by atoms with Crippen molar-refractivity contribution in [2.24, 2.45) is 11.8 Å². The van der Waals surface area contributed by atoms with Crippen molar-refractivity contribution in [3.63, 3.8) is 0 Å². The molecule has 1 amide bonds. The van der Waals surface area contributed by atoms with Crippen LogP contribution < -0.4 is 5.32 Å². The molecule has 3 atom stereocenters. The fraction of sp³-hybridized carbons (Fsp3) is 0.933. The highest BCUT2D eigenvalue weighted by Crippen LogP contribution is 2.31. The van der Waals surface area contributed by atoms with Crippen LogP contribution in [0.1, 0.15) is 39.0 Å². The summed E-state index contributed by atoms with van der Waals surface area (Å²) in [6, 6.07) is 0.570. The van der Waals surface area contributed by atoms with E-state index >= 15 is 0 Å². The molecule has 0 aromatic rings. The smallest absolute Gasteiger partial charge is 0.240 e. The van der Waals surface area contributed by atoms with Gasteiger partial charge in [0.15, 0.2) is 0 Å². The van der Waals surface area contributed by atoms with Crippen LogP contribution in [-0.2, 0) is 9.53 Å². The second-order valence-electron chi connectivity index (χ2n) is 6.50. The van der Waals surface area contributed by atoms with Crippen molar-refractivity contribution in [3.05, 3.63) is 0 Å². The summed E-state index contributed by atoms with van der Waals surface area (Å²) in [6.45, 7) is 5.82. The summed E-state index contributed by atoms with van der Waals surface area (Å²) in [5.41, 5.74) is 0. The van der Waals surface area contributed by atoms with Crippen molar-refractivity contribution >= 4 is 5.91 Å². The minimum Gasteiger partial charge on any atom is -0.381 e. The minimum absolute atomic E-state index is 0.0525. The van der Waals surface area contributed by atoms with E-state index in [-0.39, 0.29) is 6.04 Å². The predicted octanol–water partition coefficient (Wildman–Crippen LogP) is 1.40.